The van der Waals surface area contributed by atoms with Gasteiger partial charge in [-0.25, -0.2) is 4.98 Å². The van der Waals surface area contributed by atoms with Crippen molar-refractivity contribution >= 4 is 65.6 Å². The second kappa shape index (κ2) is 9.18. The first-order valence-corrected chi connectivity index (χ1v) is 15.2. The molecule has 0 N–H and O–H groups in total. The van der Waals surface area contributed by atoms with E-state index in [2.05, 4.69) is 149 Å². The number of hydrogen-bond acceptors (Lipinski definition) is 2. The van der Waals surface area contributed by atoms with Gasteiger partial charge in [0.1, 0.15) is 17.0 Å². The first-order valence-electron chi connectivity index (χ1n) is 15.2. The van der Waals surface area contributed by atoms with E-state index in [0.29, 0.717) is 0 Å². The summed E-state index contributed by atoms with van der Waals surface area (Å²) in [6.07, 6.45) is 0. The molecular weight excluding hydrogens is 550 g/mol. The average molecular weight is 576 g/mol. The van der Waals surface area contributed by atoms with E-state index in [1.54, 1.807) is 0 Å². The van der Waals surface area contributed by atoms with Crippen molar-refractivity contribution in [1.29, 1.82) is 0 Å². The fraction of sp³-hybridized carbons (Fsp3) is 0. The molecule has 0 aliphatic heterocycles. The lowest BCUT2D eigenvalue weighted by atomic mass is 10.1. The Hall–Kier alpha value is -6.13. The highest BCUT2D eigenvalue weighted by molar-refractivity contribution is 6.23. The van der Waals surface area contributed by atoms with Gasteiger partial charge in [0.05, 0.1) is 33.1 Å². The van der Waals surface area contributed by atoms with Gasteiger partial charge in [0.25, 0.3) is 0 Å². The molecule has 10 aromatic rings. The van der Waals surface area contributed by atoms with Crippen LogP contribution in [0.2, 0.25) is 0 Å². The molecule has 10 rings (SSSR count). The van der Waals surface area contributed by atoms with Crippen LogP contribution in [-0.2, 0) is 0 Å². The minimum absolute atomic E-state index is 0.912. The number of benzene rings is 7. The van der Waals surface area contributed by atoms with Gasteiger partial charge in [-0.15, -0.1) is 0 Å². The summed E-state index contributed by atoms with van der Waals surface area (Å²) in [5.74, 6) is 0.922. The van der Waals surface area contributed by atoms with Crippen LogP contribution in [0.3, 0.4) is 0 Å². The van der Waals surface area contributed by atoms with Crippen LogP contribution in [0.4, 0.5) is 0 Å². The molecule has 7 aromatic carbocycles. The summed E-state index contributed by atoms with van der Waals surface area (Å²) >= 11 is 0. The minimum Gasteiger partial charge on any atom is -0.455 e. The van der Waals surface area contributed by atoms with Gasteiger partial charge in [-0.2, -0.15) is 0 Å². The van der Waals surface area contributed by atoms with Gasteiger partial charge >= 0.3 is 0 Å². The lowest BCUT2D eigenvalue weighted by Gasteiger charge is -2.13. The third kappa shape index (κ3) is 3.45. The highest BCUT2D eigenvalue weighted by Gasteiger charge is 2.20. The van der Waals surface area contributed by atoms with E-state index in [0.717, 1.165) is 72.2 Å². The van der Waals surface area contributed by atoms with Crippen molar-refractivity contribution in [1.82, 2.24) is 14.1 Å². The SMILES string of the molecule is c1ccc2c(-n3c(-c4ccc(-n5c6ccccc6c6c7oc8ccccc8c7ccc65)cc4)nc4ccccc43)cccc2c1. The van der Waals surface area contributed by atoms with E-state index in [9.17, 15) is 0 Å². The van der Waals surface area contributed by atoms with Crippen molar-refractivity contribution in [2.24, 2.45) is 0 Å². The fourth-order valence-corrected chi connectivity index (χ4v) is 7.14. The molecular formula is C41H25N3O. The van der Waals surface area contributed by atoms with Gasteiger partial charge in [-0.3, -0.25) is 4.57 Å². The summed E-state index contributed by atoms with van der Waals surface area (Å²) in [6.45, 7) is 0. The number of furan rings is 1. The molecule has 210 valence electrons. The molecule has 0 spiro atoms. The Balaban J connectivity index is 1.19. The maximum Gasteiger partial charge on any atom is 0.145 e. The van der Waals surface area contributed by atoms with E-state index < -0.39 is 0 Å². The number of rotatable bonds is 3. The predicted octanol–water partition coefficient (Wildman–Crippen LogP) is 10.8. The Morgan fingerprint density at radius 2 is 1.18 bits per heavy atom. The zero-order valence-corrected chi connectivity index (χ0v) is 24.2. The molecule has 3 heterocycles. The lowest BCUT2D eigenvalue weighted by Crippen LogP contribution is -1.99. The van der Waals surface area contributed by atoms with Crippen molar-refractivity contribution in [2.75, 3.05) is 0 Å². The molecule has 4 heteroatoms. The summed E-state index contributed by atoms with van der Waals surface area (Å²) in [7, 11) is 0. The molecule has 4 nitrogen and oxygen atoms in total. The van der Waals surface area contributed by atoms with Crippen molar-refractivity contribution < 1.29 is 4.42 Å². The Kier molecular flexibility index (Phi) is 4.96. The van der Waals surface area contributed by atoms with Crippen LogP contribution in [0.25, 0.3) is 88.3 Å². The van der Waals surface area contributed by atoms with Crippen molar-refractivity contribution in [2.45, 2.75) is 0 Å². The summed E-state index contributed by atoms with van der Waals surface area (Å²) in [6, 6.07) is 53.5. The van der Waals surface area contributed by atoms with Crippen molar-refractivity contribution in [3.05, 3.63) is 152 Å². The summed E-state index contributed by atoms with van der Waals surface area (Å²) < 4.78 is 11.1. The monoisotopic (exact) mass is 575 g/mol. The molecule has 0 atom stereocenters. The van der Waals surface area contributed by atoms with Crippen LogP contribution in [0.5, 0.6) is 0 Å². The van der Waals surface area contributed by atoms with Crippen LogP contribution in [0.15, 0.2) is 156 Å². The third-order valence-corrected chi connectivity index (χ3v) is 9.13. The number of hydrogen-bond donors (Lipinski definition) is 0. The molecule has 0 radical (unpaired) electrons. The number of para-hydroxylation sites is 4. The molecule has 45 heavy (non-hydrogen) atoms. The molecule has 0 saturated carbocycles. The highest BCUT2D eigenvalue weighted by atomic mass is 16.3. The lowest BCUT2D eigenvalue weighted by molar-refractivity contribution is 0.673. The number of aromatic nitrogens is 3. The van der Waals surface area contributed by atoms with Crippen LogP contribution >= 0.6 is 0 Å². The van der Waals surface area contributed by atoms with Crippen LogP contribution in [0, 0.1) is 0 Å². The van der Waals surface area contributed by atoms with Gasteiger partial charge in [0, 0.05) is 32.8 Å². The number of fused-ring (bicyclic) bond motifs is 9. The largest absolute Gasteiger partial charge is 0.455 e. The molecule has 0 bridgehead atoms. The first-order chi connectivity index (χ1) is 22.3. The second-order valence-corrected chi connectivity index (χ2v) is 11.6. The topological polar surface area (TPSA) is 35.9 Å². The normalized spacial score (nSPS) is 12.0. The average Bonchev–Trinajstić information content (AvgIpc) is 3.78. The van der Waals surface area contributed by atoms with Crippen LogP contribution in [-0.4, -0.2) is 14.1 Å². The molecule has 0 amide bonds. The van der Waals surface area contributed by atoms with E-state index in [1.165, 1.54) is 16.2 Å². The summed E-state index contributed by atoms with van der Waals surface area (Å²) in [5.41, 5.74) is 9.45. The van der Waals surface area contributed by atoms with E-state index in [-0.39, 0.29) is 0 Å². The highest BCUT2D eigenvalue weighted by Crippen LogP contribution is 2.41. The predicted molar refractivity (Wildman–Crippen MR) is 186 cm³/mol. The molecule has 0 unspecified atom stereocenters. The quantitative estimate of drug-likeness (QED) is 0.210. The van der Waals surface area contributed by atoms with Gasteiger partial charge in [0.15, 0.2) is 0 Å². The van der Waals surface area contributed by atoms with E-state index in [4.69, 9.17) is 9.40 Å². The summed E-state index contributed by atoms with van der Waals surface area (Å²) in [4.78, 5) is 5.16. The van der Waals surface area contributed by atoms with Gasteiger partial charge in [-0.1, -0.05) is 84.9 Å². The Morgan fingerprint density at radius 3 is 2.07 bits per heavy atom. The molecule has 3 aromatic heterocycles. The van der Waals surface area contributed by atoms with Crippen molar-refractivity contribution in [3.63, 3.8) is 0 Å². The molecule has 0 aliphatic rings. The Morgan fingerprint density at radius 1 is 0.467 bits per heavy atom. The smallest absolute Gasteiger partial charge is 0.145 e. The number of imidazole rings is 1. The van der Waals surface area contributed by atoms with E-state index in [1.807, 2.05) is 12.1 Å². The third-order valence-electron chi connectivity index (χ3n) is 9.13. The minimum atomic E-state index is 0.912. The molecule has 0 saturated heterocycles. The zero-order valence-electron chi connectivity index (χ0n) is 24.2. The fourth-order valence-electron chi connectivity index (χ4n) is 7.14. The second-order valence-electron chi connectivity index (χ2n) is 11.6. The van der Waals surface area contributed by atoms with Gasteiger partial charge in [-0.05, 0) is 72.1 Å². The molecule has 0 aliphatic carbocycles. The Bertz CT molecular complexity index is 2750. The standard InChI is InChI=1S/C41H25N3O/c1-2-12-29-26(10-1)11-9-18-34(29)44-36-17-7-5-15-33(36)42-41(44)27-20-22-28(23-21-27)43-35-16-6-3-14-32(35)39-37(43)25-24-31-30-13-4-8-19-38(30)45-40(31)39/h1-25H. The Labute approximate surface area is 258 Å². The van der Waals surface area contributed by atoms with Gasteiger partial charge < -0.3 is 8.98 Å². The first kappa shape index (κ1) is 24.3. The summed E-state index contributed by atoms with van der Waals surface area (Å²) in [5, 5.41) is 7.01. The molecule has 0 fully saturated rings. The zero-order chi connectivity index (χ0) is 29.5. The number of nitrogens with zero attached hydrogens (tertiary/aromatic N) is 3. The van der Waals surface area contributed by atoms with Gasteiger partial charge in [0.2, 0.25) is 0 Å². The maximum atomic E-state index is 6.49. The van der Waals surface area contributed by atoms with Crippen molar-refractivity contribution in [3.8, 4) is 22.8 Å². The van der Waals surface area contributed by atoms with Crippen LogP contribution < -0.4 is 0 Å². The maximum absolute atomic E-state index is 6.49. The van der Waals surface area contributed by atoms with E-state index >= 15 is 0 Å². The van der Waals surface area contributed by atoms with Crippen LogP contribution in [0.1, 0.15) is 0 Å².